The lowest BCUT2D eigenvalue weighted by Gasteiger charge is -2.06. The topological polar surface area (TPSA) is 130 Å². The number of hydrogen-bond acceptors (Lipinski definition) is 6. The molecule has 1 aromatic rings. The molecule has 0 aliphatic heterocycles. The van der Waals surface area contributed by atoms with E-state index in [-0.39, 0.29) is 26.6 Å². The van der Waals surface area contributed by atoms with Crippen molar-refractivity contribution in [3.8, 4) is 0 Å². The van der Waals surface area contributed by atoms with Gasteiger partial charge in [-0.2, -0.15) is 0 Å². The molecule has 8 nitrogen and oxygen atoms in total. The van der Waals surface area contributed by atoms with E-state index in [0.717, 1.165) is 17.4 Å². The lowest BCUT2D eigenvalue weighted by Crippen LogP contribution is -2.34. The molecule has 1 aromatic heterocycles. The number of sulfonamides is 2. The summed E-state index contributed by atoms with van der Waals surface area (Å²) in [6.07, 6.45) is 0. The maximum Gasteiger partial charge on any atom is 0.345 e. The van der Waals surface area contributed by atoms with E-state index in [2.05, 4.69) is 25.4 Å². The first kappa shape index (κ1) is 18.5. The number of nitrogens with one attached hydrogen (secondary N) is 2. The van der Waals surface area contributed by atoms with Crippen molar-refractivity contribution >= 4 is 53.3 Å². The zero-order valence-corrected chi connectivity index (χ0v) is 14.8. The summed E-state index contributed by atoms with van der Waals surface area (Å²) in [6, 6.07) is 1.01. The Morgan fingerprint density at radius 1 is 1.33 bits per heavy atom. The van der Waals surface area contributed by atoms with Crippen LogP contribution in [0.4, 0.5) is 0 Å². The number of hydrogen-bond donors (Lipinski definition) is 3. The van der Waals surface area contributed by atoms with Crippen molar-refractivity contribution in [2.45, 2.75) is 11.8 Å². The maximum atomic E-state index is 12.0. The molecule has 0 amide bonds. The minimum Gasteiger partial charge on any atom is -0.477 e. The van der Waals surface area contributed by atoms with Crippen LogP contribution in [0.15, 0.2) is 14.7 Å². The molecule has 21 heavy (non-hydrogen) atoms. The first-order chi connectivity index (χ1) is 9.59. The van der Waals surface area contributed by atoms with E-state index in [9.17, 15) is 21.6 Å². The lowest BCUT2D eigenvalue weighted by molar-refractivity contribution is 0.0702. The molecular weight excluding hydrogens is 408 g/mol. The molecule has 0 fully saturated rings. The number of carboxylic acid groups (broad SMARTS) is 1. The molecule has 0 aliphatic rings. The summed E-state index contributed by atoms with van der Waals surface area (Å²) in [6.45, 7) is 1.51. The van der Waals surface area contributed by atoms with Gasteiger partial charge in [-0.1, -0.05) is 6.92 Å². The Balaban J connectivity index is 2.81. The summed E-state index contributed by atoms with van der Waals surface area (Å²) in [5, 5.41) is 8.82. The molecule has 0 spiro atoms. The number of thiophene rings is 1. The molecule has 0 unspecified atom stereocenters. The molecule has 0 atom stereocenters. The third-order valence-electron chi connectivity index (χ3n) is 2.18. The van der Waals surface area contributed by atoms with Gasteiger partial charge in [0, 0.05) is 13.1 Å². The standard InChI is InChI=1S/C9H13BrN2O6S3/c1-2-11-20(15,16)4-3-12-21(17,18)7-5-6(9(13)14)19-8(7)10/h5,11-12H,2-4H2,1H3,(H,13,14). The van der Waals surface area contributed by atoms with Crippen LogP contribution in [0.2, 0.25) is 0 Å². The zero-order valence-electron chi connectivity index (χ0n) is 10.8. The number of aromatic carboxylic acids is 1. The molecule has 1 heterocycles. The molecule has 1 rings (SSSR count). The predicted octanol–water partition coefficient (Wildman–Crippen LogP) is 0.426. The zero-order chi connectivity index (χ0) is 16.3. The third kappa shape index (κ3) is 5.30. The number of halogens is 1. The normalized spacial score (nSPS) is 12.5. The summed E-state index contributed by atoms with van der Waals surface area (Å²) >= 11 is 3.75. The SMILES string of the molecule is CCNS(=O)(=O)CCNS(=O)(=O)c1cc(C(=O)O)sc1Br. The van der Waals surface area contributed by atoms with Gasteiger partial charge in [0.15, 0.2) is 0 Å². The van der Waals surface area contributed by atoms with E-state index in [1.54, 1.807) is 6.92 Å². The van der Waals surface area contributed by atoms with Crippen LogP contribution in [0.5, 0.6) is 0 Å². The van der Waals surface area contributed by atoms with Crippen molar-refractivity contribution in [2.75, 3.05) is 18.8 Å². The number of rotatable bonds is 8. The highest BCUT2D eigenvalue weighted by molar-refractivity contribution is 9.11. The summed E-state index contributed by atoms with van der Waals surface area (Å²) < 4.78 is 51.2. The van der Waals surface area contributed by atoms with Gasteiger partial charge in [-0.3, -0.25) is 0 Å². The molecular formula is C9H13BrN2O6S3. The first-order valence-electron chi connectivity index (χ1n) is 5.58. The van der Waals surface area contributed by atoms with E-state index in [1.165, 1.54) is 0 Å². The highest BCUT2D eigenvalue weighted by Crippen LogP contribution is 2.31. The van der Waals surface area contributed by atoms with Gasteiger partial charge >= 0.3 is 5.97 Å². The first-order valence-corrected chi connectivity index (χ1v) is 10.3. The molecule has 12 heteroatoms. The van der Waals surface area contributed by atoms with Crippen LogP contribution in [-0.2, 0) is 20.0 Å². The largest absolute Gasteiger partial charge is 0.477 e. The average Bonchev–Trinajstić information content (AvgIpc) is 2.71. The van der Waals surface area contributed by atoms with Crippen molar-refractivity contribution < 1.29 is 26.7 Å². The minimum atomic E-state index is -3.98. The van der Waals surface area contributed by atoms with E-state index >= 15 is 0 Å². The summed E-state index contributed by atoms with van der Waals surface area (Å²) in [7, 11) is -7.52. The Bertz CT molecular complexity index is 725. The number of carbonyl (C=O) groups is 1. The Hall–Kier alpha value is -0.530. The van der Waals surface area contributed by atoms with Crippen LogP contribution in [0.25, 0.3) is 0 Å². The Labute approximate surface area is 134 Å². The minimum absolute atomic E-state index is 0.137. The van der Waals surface area contributed by atoms with E-state index in [0.29, 0.717) is 0 Å². The highest BCUT2D eigenvalue weighted by Gasteiger charge is 2.23. The summed E-state index contributed by atoms with van der Waals surface area (Å²) in [5.74, 6) is -1.65. The molecule has 0 aliphatic carbocycles. The van der Waals surface area contributed by atoms with E-state index < -0.39 is 31.8 Å². The second-order valence-electron chi connectivity index (χ2n) is 3.77. The van der Waals surface area contributed by atoms with Gasteiger partial charge in [0.2, 0.25) is 20.0 Å². The number of carboxylic acids is 1. The van der Waals surface area contributed by atoms with E-state index in [1.807, 2.05) is 0 Å². The second-order valence-corrected chi connectivity index (χ2v) is 9.80. The fraction of sp³-hybridized carbons (Fsp3) is 0.444. The predicted molar refractivity (Wildman–Crippen MR) is 81.6 cm³/mol. The van der Waals surface area contributed by atoms with Crippen LogP contribution >= 0.6 is 27.3 Å². The Morgan fingerprint density at radius 2 is 1.95 bits per heavy atom. The molecule has 0 saturated carbocycles. The van der Waals surface area contributed by atoms with Crippen LogP contribution in [0.1, 0.15) is 16.6 Å². The molecule has 120 valence electrons. The maximum absolute atomic E-state index is 12.0. The quantitative estimate of drug-likeness (QED) is 0.558. The van der Waals surface area contributed by atoms with Crippen molar-refractivity contribution in [2.24, 2.45) is 0 Å². The summed E-state index contributed by atoms with van der Waals surface area (Å²) in [5.41, 5.74) is 0. The van der Waals surface area contributed by atoms with Crippen LogP contribution in [-0.4, -0.2) is 46.8 Å². The summed E-state index contributed by atoms with van der Waals surface area (Å²) in [4.78, 5) is 10.4. The Kier molecular flexibility index (Phi) is 6.31. The van der Waals surface area contributed by atoms with Crippen LogP contribution in [0, 0.1) is 0 Å². The van der Waals surface area contributed by atoms with Gasteiger partial charge in [0.25, 0.3) is 0 Å². The smallest absolute Gasteiger partial charge is 0.345 e. The van der Waals surface area contributed by atoms with Crippen molar-refractivity contribution in [3.63, 3.8) is 0 Å². The molecule has 0 aromatic carbocycles. The van der Waals surface area contributed by atoms with Crippen molar-refractivity contribution in [1.82, 2.24) is 9.44 Å². The van der Waals surface area contributed by atoms with E-state index in [4.69, 9.17) is 5.11 Å². The molecule has 3 N–H and O–H groups in total. The van der Waals surface area contributed by atoms with Gasteiger partial charge in [-0.05, 0) is 22.0 Å². The van der Waals surface area contributed by atoms with Crippen LogP contribution < -0.4 is 9.44 Å². The molecule has 0 saturated heterocycles. The second kappa shape index (κ2) is 7.15. The molecule has 0 radical (unpaired) electrons. The van der Waals surface area contributed by atoms with Gasteiger partial charge in [0.05, 0.1) is 9.54 Å². The Morgan fingerprint density at radius 3 is 2.43 bits per heavy atom. The van der Waals surface area contributed by atoms with Crippen LogP contribution in [0.3, 0.4) is 0 Å². The average molecular weight is 421 g/mol. The third-order valence-corrected chi connectivity index (χ3v) is 7.35. The van der Waals surface area contributed by atoms with Crippen molar-refractivity contribution in [3.05, 3.63) is 14.7 Å². The van der Waals surface area contributed by atoms with Gasteiger partial charge in [0.1, 0.15) is 9.77 Å². The monoisotopic (exact) mass is 420 g/mol. The fourth-order valence-corrected chi connectivity index (χ4v) is 5.84. The van der Waals surface area contributed by atoms with Gasteiger partial charge < -0.3 is 5.11 Å². The molecule has 0 bridgehead atoms. The van der Waals surface area contributed by atoms with Crippen molar-refractivity contribution in [1.29, 1.82) is 0 Å². The lowest BCUT2D eigenvalue weighted by atomic mass is 10.5. The van der Waals surface area contributed by atoms with Gasteiger partial charge in [-0.15, -0.1) is 11.3 Å². The fourth-order valence-electron chi connectivity index (χ4n) is 1.32. The highest BCUT2D eigenvalue weighted by atomic mass is 79.9. The van der Waals surface area contributed by atoms with Gasteiger partial charge in [-0.25, -0.2) is 31.1 Å².